The molecule has 0 spiro atoms. The van der Waals surface area contributed by atoms with Gasteiger partial charge >= 0.3 is 6.18 Å². The largest absolute Gasteiger partial charge is 0.391 e. The van der Waals surface area contributed by atoms with Gasteiger partial charge in [-0.15, -0.1) is 0 Å². The van der Waals surface area contributed by atoms with E-state index in [2.05, 4.69) is 11.8 Å². The zero-order valence-electron chi connectivity index (χ0n) is 14.5. The number of hydrogen-bond acceptors (Lipinski definition) is 2. The normalized spacial score (nSPS) is 35.6. The van der Waals surface area contributed by atoms with E-state index in [1.165, 1.54) is 0 Å². The van der Waals surface area contributed by atoms with Gasteiger partial charge in [0.05, 0.1) is 5.92 Å². The third kappa shape index (κ3) is 3.58. The molecular formula is C18H29F3N2O. The highest BCUT2D eigenvalue weighted by atomic mass is 19.4. The van der Waals surface area contributed by atoms with E-state index in [9.17, 15) is 18.0 Å². The number of alkyl halides is 3. The van der Waals surface area contributed by atoms with E-state index in [0.29, 0.717) is 18.9 Å². The SMILES string of the molecule is CCN1CCC[C@@H]1[C@@H]1CCCN1C(=O)[C@@H]1CCC[C@@H](C(F)(F)F)C1. The smallest absolute Gasteiger partial charge is 0.338 e. The maximum atomic E-state index is 13.0. The maximum Gasteiger partial charge on any atom is 0.391 e. The lowest BCUT2D eigenvalue weighted by atomic mass is 9.80. The third-order valence-electron chi connectivity index (χ3n) is 6.33. The maximum absolute atomic E-state index is 13.0. The number of likely N-dealkylation sites (N-methyl/N-ethyl adjacent to an activating group) is 1. The monoisotopic (exact) mass is 346 g/mol. The highest BCUT2D eigenvalue weighted by Crippen LogP contribution is 2.41. The molecule has 0 bridgehead atoms. The summed E-state index contributed by atoms with van der Waals surface area (Å²) < 4.78 is 39.1. The Hall–Kier alpha value is -0.780. The van der Waals surface area contributed by atoms with Crippen molar-refractivity contribution in [3.63, 3.8) is 0 Å². The van der Waals surface area contributed by atoms with Gasteiger partial charge in [-0.3, -0.25) is 9.69 Å². The lowest BCUT2D eigenvalue weighted by molar-refractivity contribution is -0.187. The second-order valence-electron chi connectivity index (χ2n) is 7.68. The summed E-state index contributed by atoms with van der Waals surface area (Å²) in [6.45, 7) is 4.95. The van der Waals surface area contributed by atoms with Crippen molar-refractivity contribution in [2.75, 3.05) is 19.6 Å². The van der Waals surface area contributed by atoms with Gasteiger partial charge in [0.25, 0.3) is 0 Å². The molecule has 4 atom stereocenters. The molecule has 1 saturated carbocycles. The van der Waals surface area contributed by atoms with E-state index >= 15 is 0 Å². The van der Waals surface area contributed by atoms with E-state index in [-0.39, 0.29) is 24.8 Å². The molecule has 0 unspecified atom stereocenters. The Labute approximate surface area is 142 Å². The second kappa shape index (κ2) is 7.22. The van der Waals surface area contributed by atoms with Gasteiger partial charge in [-0.25, -0.2) is 0 Å². The topological polar surface area (TPSA) is 23.6 Å². The summed E-state index contributed by atoms with van der Waals surface area (Å²) in [5, 5.41) is 0. The van der Waals surface area contributed by atoms with Gasteiger partial charge in [0.1, 0.15) is 0 Å². The molecule has 2 saturated heterocycles. The van der Waals surface area contributed by atoms with Crippen LogP contribution in [0.5, 0.6) is 0 Å². The Morgan fingerprint density at radius 1 is 1.00 bits per heavy atom. The number of rotatable bonds is 3. The standard InChI is InChI=1S/C18H29F3N2O/c1-2-22-10-4-8-15(22)16-9-5-11-23(16)17(24)13-6-3-7-14(12-13)18(19,20)21/h13-16H,2-12H2,1H3/t13-,14-,15-,16+/m1/s1. The van der Waals surface area contributed by atoms with Crippen molar-refractivity contribution in [1.29, 1.82) is 0 Å². The van der Waals surface area contributed by atoms with Gasteiger partial charge in [0, 0.05) is 24.5 Å². The van der Waals surface area contributed by atoms with Crippen LogP contribution in [-0.4, -0.2) is 53.6 Å². The minimum absolute atomic E-state index is 0.00518. The lowest BCUT2D eigenvalue weighted by Crippen LogP contribution is -2.50. The van der Waals surface area contributed by atoms with Crippen LogP contribution in [-0.2, 0) is 4.79 Å². The van der Waals surface area contributed by atoms with Crippen molar-refractivity contribution >= 4 is 5.91 Å². The van der Waals surface area contributed by atoms with Crippen molar-refractivity contribution in [3.8, 4) is 0 Å². The van der Waals surface area contributed by atoms with E-state index in [4.69, 9.17) is 0 Å². The van der Waals surface area contributed by atoms with Crippen molar-refractivity contribution < 1.29 is 18.0 Å². The Balaban J connectivity index is 1.67. The summed E-state index contributed by atoms with van der Waals surface area (Å²) >= 11 is 0. The van der Waals surface area contributed by atoms with Crippen LogP contribution in [0.15, 0.2) is 0 Å². The van der Waals surface area contributed by atoms with Crippen molar-refractivity contribution in [2.45, 2.75) is 76.6 Å². The number of carbonyl (C=O) groups is 1. The first-order valence-electron chi connectivity index (χ1n) is 9.53. The van der Waals surface area contributed by atoms with E-state index in [1.54, 1.807) is 0 Å². The van der Waals surface area contributed by atoms with Crippen molar-refractivity contribution in [2.24, 2.45) is 11.8 Å². The molecule has 0 aromatic heterocycles. The van der Waals surface area contributed by atoms with E-state index < -0.39 is 18.0 Å². The van der Waals surface area contributed by atoms with Crippen LogP contribution in [0.2, 0.25) is 0 Å². The molecule has 0 radical (unpaired) electrons. The Bertz CT molecular complexity index is 454. The van der Waals surface area contributed by atoms with Crippen LogP contribution >= 0.6 is 0 Å². The van der Waals surface area contributed by atoms with Crippen molar-refractivity contribution in [3.05, 3.63) is 0 Å². The molecule has 0 aromatic carbocycles. The minimum atomic E-state index is -4.16. The van der Waals surface area contributed by atoms with Gasteiger partial charge in [0.15, 0.2) is 0 Å². The zero-order chi connectivity index (χ0) is 17.3. The first-order valence-corrected chi connectivity index (χ1v) is 9.53. The fourth-order valence-electron chi connectivity index (χ4n) is 5.09. The molecule has 2 aliphatic heterocycles. The lowest BCUT2D eigenvalue weighted by Gasteiger charge is -2.38. The van der Waals surface area contributed by atoms with Crippen LogP contribution in [0.25, 0.3) is 0 Å². The fourth-order valence-corrected chi connectivity index (χ4v) is 5.09. The third-order valence-corrected chi connectivity index (χ3v) is 6.33. The van der Waals surface area contributed by atoms with Crippen LogP contribution in [0.4, 0.5) is 13.2 Å². The first kappa shape index (κ1) is 18.0. The summed E-state index contributed by atoms with van der Waals surface area (Å²) in [6, 6.07) is 0.620. The zero-order valence-corrected chi connectivity index (χ0v) is 14.5. The van der Waals surface area contributed by atoms with Gasteiger partial charge in [-0.1, -0.05) is 13.3 Å². The molecular weight excluding hydrogens is 317 g/mol. The highest BCUT2D eigenvalue weighted by Gasteiger charge is 2.46. The van der Waals surface area contributed by atoms with Gasteiger partial charge in [-0.2, -0.15) is 13.2 Å². The van der Waals surface area contributed by atoms with Crippen LogP contribution in [0, 0.1) is 11.8 Å². The van der Waals surface area contributed by atoms with Gasteiger partial charge in [0.2, 0.25) is 5.91 Å². The molecule has 3 nitrogen and oxygen atoms in total. The molecule has 2 heterocycles. The summed E-state index contributed by atoms with van der Waals surface area (Å²) in [5.41, 5.74) is 0. The average Bonchev–Trinajstić information content (AvgIpc) is 3.21. The molecule has 0 N–H and O–H groups in total. The molecule has 3 rings (SSSR count). The number of nitrogens with zero attached hydrogens (tertiary/aromatic N) is 2. The van der Waals surface area contributed by atoms with Crippen LogP contribution in [0.3, 0.4) is 0 Å². The summed E-state index contributed by atoms with van der Waals surface area (Å²) in [6.07, 6.45) is 1.42. The van der Waals surface area contributed by atoms with Crippen LogP contribution < -0.4 is 0 Å². The highest BCUT2D eigenvalue weighted by molar-refractivity contribution is 5.79. The fraction of sp³-hybridized carbons (Fsp3) is 0.944. The molecule has 3 aliphatic rings. The predicted octanol–water partition coefficient (Wildman–Crippen LogP) is 3.83. The van der Waals surface area contributed by atoms with Crippen molar-refractivity contribution in [1.82, 2.24) is 9.80 Å². The summed E-state index contributed by atoms with van der Waals surface area (Å²) in [7, 11) is 0. The molecule has 1 aliphatic carbocycles. The van der Waals surface area contributed by atoms with Gasteiger partial charge < -0.3 is 4.90 Å². The average molecular weight is 346 g/mol. The number of halogens is 3. The van der Waals surface area contributed by atoms with Gasteiger partial charge in [-0.05, 0) is 58.0 Å². The Morgan fingerprint density at radius 2 is 1.71 bits per heavy atom. The Morgan fingerprint density at radius 3 is 2.42 bits per heavy atom. The molecule has 3 fully saturated rings. The first-order chi connectivity index (χ1) is 11.4. The molecule has 0 aromatic rings. The van der Waals surface area contributed by atoms with Crippen LogP contribution in [0.1, 0.15) is 58.3 Å². The molecule has 1 amide bonds. The predicted molar refractivity (Wildman–Crippen MR) is 86.5 cm³/mol. The number of hydrogen-bond donors (Lipinski definition) is 0. The quantitative estimate of drug-likeness (QED) is 0.775. The minimum Gasteiger partial charge on any atom is -0.338 e. The number of likely N-dealkylation sites (tertiary alicyclic amines) is 2. The molecule has 24 heavy (non-hydrogen) atoms. The number of carbonyl (C=O) groups excluding carboxylic acids is 1. The number of amides is 1. The molecule has 6 heteroatoms. The molecule has 138 valence electrons. The van der Waals surface area contributed by atoms with E-state index in [1.807, 2.05) is 4.90 Å². The second-order valence-corrected chi connectivity index (χ2v) is 7.68. The summed E-state index contributed by atoms with van der Waals surface area (Å²) in [4.78, 5) is 17.4. The summed E-state index contributed by atoms with van der Waals surface area (Å²) in [5.74, 6) is -1.73. The Kier molecular flexibility index (Phi) is 5.42. The van der Waals surface area contributed by atoms with E-state index in [0.717, 1.165) is 45.3 Å².